The summed E-state index contributed by atoms with van der Waals surface area (Å²) in [6, 6.07) is 4.76. The Labute approximate surface area is 140 Å². The number of thiophene rings is 2. The highest BCUT2D eigenvalue weighted by molar-refractivity contribution is 9.12. The lowest BCUT2D eigenvalue weighted by atomic mass is 10.1. The van der Waals surface area contributed by atoms with E-state index in [9.17, 15) is 0 Å². The van der Waals surface area contributed by atoms with Crippen LogP contribution in [0.5, 0.6) is 0 Å². The van der Waals surface area contributed by atoms with E-state index in [4.69, 9.17) is 0 Å². The molecule has 0 amide bonds. The third kappa shape index (κ3) is 3.90. The molecule has 98 valence electrons. The van der Waals surface area contributed by atoms with Crippen LogP contribution in [-0.2, 0) is 6.42 Å². The minimum absolute atomic E-state index is 0.359. The van der Waals surface area contributed by atoms with E-state index >= 15 is 0 Å². The van der Waals surface area contributed by atoms with Crippen molar-refractivity contribution in [2.24, 2.45) is 0 Å². The molecule has 2 aromatic rings. The van der Waals surface area contributed by atoms with E-state index < -0.39 is 0 Å². The molecule has 1 atom stereocenters. The SMILES string of the molecule is CCNC(Cc1cc(Br)cs1)c1cc(Br)sc1Br. The Balaban J connectivity index is 2.20. The summed E-state index contributed by atoms with van der Waals surface area (Å²) in [5.41, 5.74) is 1.33. The van der Waals surface area contributed by atoms with Gasteiger partial charge in [-0.15, -0.1) is 22.7 Å². The van der Waals surface area contributed by atoms with Gasteiger partial charge in [0.05, 0.1) is 7.57 Å². The first-order chi connectivity index (χ1) is 8.60. The summed E-state index contributed by atoms with van der Waals surface area (Å²) in [6.45, 7) is 3.11. The van der Waals surface area contributed by atoms with Gasteiger partial charge in [-0.3, -0.25) is 0 Å². The number of likely N-dealkylation sites (N-methyl/N-ethyl adjacent to an activating group) is 1. The zero-order chi connectivity index (χ0) is 13.1. The van der Waals surface area contributed by atoms with Gasteiger partial charge in [0.2, 0.25) is 0 Å². The van der Waals surface area contributed by atoms with Gasteiger partial charge in [0, 0.05) is 27.2 Å². The van der Waals surface area contributed by atoms with Crippen molar-refractivity contribution in [3.8, 4) is 0 Å². The number of halogens is 3. The first-order valence-corrected chi connectivity index (χ1v) is 9.58. The van der Waals surface area contributed by atoms with Crippen LogP contribution in [0.3, 0.4) is 0 Å². The van der Waals surface area contributed by atoms with Crippen molar-refractivity contribution >= 4 is 70.5 Å². The molecule has 0 aromatic carbocycles. The highest BCUT2D eigenvalue weighted by Gasteiger charge is 2.17. The summed E-state index contributed by atoms with van der Waals surface area (Å²) in [5.74, 6) is 0. The van der Waals surface area contributed by atoms with Gasteiger partial charge in [0.1, 0.15) is 0 Å². The average Bonchev–Trinajstić information content (AvgIpc) is 2.84. The number of hydrogen-bond donors (Lipinski definition) is 1. The van der Waals surface area contributed by atoms with Gasteiger partial charge in [-0.1, -0.05) is 6.92 Å². The molecule has 0 saturated carbocycles. The lowest BCUT2D eigenvalue weighted by Gasteiger charge is -2.16. The van der Waals surface area contributed by atoms with Gasteiger partial charge >= 0.3 is 0 Å². The molecule has 18 heavy (non-hydrogen) atoms. The molecule has 2 rings (SSSR count). The average molecular weight is 474 g/mol. The van der Waals surface area contributed by atoms with Gasteiger partial charge < -0.3 is 5.32 Å². The van der Waals surface area contributed by atoms with Crippen molar-refractivity contribution in [3.05, 3.63) is 40.0 Å². The number of nitrogens with one attached hydrogen (secondary N) is 1. The summed E-state index contributed by atoms with van der Waals surface area (Å²) in [4.78, 5) is 1.39. The second kappa shape index (κ2) is 6.99. The van der Waals surface area contributed by atoms with E-state index in [1.54, 1.807) is 22.7 Å². The van der Waals surface area contributed by atoms with Crippen LogP contribution in [0.4, 0.5) is 0 Å². The maximum atomic E-state index is 3.65. The largest absolute Gasteiger partial charge is 0.310 e. The molecule has 0 bridgehead atoms. The monoisotopic (exact) mass is 471 g/mol. The Morgan fingerprint density at radius 3 is 2.56 bits per heavy atom. The maximum Gasteiger partial charge on any atom is 0.0758 e. The molecule has 0 spiro atoms. The van der Waals surface area contributed by atoms with E-state index in [0.717, 1.165) is 13.0 Å². The van der Waals surface area contributed by atoms with Crippen LogP contribution in [0.1, 0.15) is 23.4 Å². The first-order valence-electron chi connectivity index (χ1n) is 5.51. The summed E-state index contributed by atoms with van der Waals surface area (Å²) >= 11 is 14.2. The van der Waals surface area contributed by atoms with E-state index in [0.29, 0.717) is 6.04 Å². The van der Waals surface area contributed by atoms with Crippen LogP contribution in [0, 0.1) is 0 Å². The number of rotatable bonds is 5. The topological polar surface area (TPSA) is 12.0 Å². The minimum Gasteiger partial charge on any atom is -0.310 e. The van der Waals surface area contributed by atoms with Crippen LogP contribution >= 0.6 is 70.5 Å². The zero-order valence-electron chi connectivity index (χ0n) is 9.67. The maximum absolute atomic E-state index is 3.65. The van der Waals surface area contributed by atoms with Gasteiger partial charge in [-0.2, -0.15) is 0 Å². The van der Waals surface area contributed by atoms with Crippen molar-refractivity contribution in [1.82, 2.24) is 5.32 Å². The number of hydrogen-bond acceptors (Lipinski definition) is 3. The second-order valence-electron chi connectivity index (χ2n) is 3.83. The van der Waals surface area contributed by atoms with Crippen LogP contribution in [0.15, 0.2) is 29.6 Å². The van der Waals surface area contributed by atoms with Crippen molar-refractivity contribution in [3.63, 3.8) is 0 Å². The molecule has 0 radical (unpaired) electrons. The molecule has 0 aliphatic rings. The molecule has 2 aromatic heterocycles. The smallest absolute Gasteiger partial charge is 0.0758 e. The van der Waals surface area contributed by atoms with Crippen LogP contribution in [-0.4, -0.2) is 6.54 Å². The van der Waals surface area contributed by atoms with Crippen molar-refractivity contribution in [2.45, 2.75) is 19.4 Å². The molecular formula is C12H12Br3NS2. The quantitative estimate of drug-likeness (QED) is 0.562. The van der Waals surface area contributed by atoms with Crippen LogP contribution in [0.2, 0.25) is 0 Å². The Morgan fingerprint density at radius 1 is 1.28 bits per heavy atom. The normalized spacial score (nSPS) is 12.9. The third-order valence-electron chi connectivity index (χ3n) is 2.54. The fourth-order valence-electron chi connectivity index (χ4n) is 1.79. The molecule has 1 nitrogen and oxygen atoms in total. The van der Waals surface area contributed by atoms with Crippen molar-refractivity contribution < 1.29 is 0 Å². The third-order valence-corrected chi connectivity index (χ3v) is 6.64. The van der Waals surface area contributed by atoms with Crippen LogP contribution in [0.25, 0.3) is 0 Å². The Hall–Kier alpha value is 0.800. The van der Waals surface area contributed by atoms with Gasteiger partial charge in [0.25, 0.3) is 0 Å². The van der Waals surface area contributed by atoms with E-state index in [-0.39, 0.29) is 0 Å². The van der Waals surface area contributed by atoms with Crippen LogP contribution < -0.4 is 5.32 Å². The molecule has 0 fully saturated rings. The van der Waals surface area contributed by atoms with E-state index in [2.05, 4.69) is 77.5 Å². The fraction of sp³-hybridized carbons (Fsp3) is 0.333. The second-order valence-corrected chi connectivity index (χ2v) is 9.49. The highest BCUT2D eigenvalue weighted by Crippen LogP contribution is 2.37. The fourth-order valence-corrected chi connectivity index (χ4v) is 6.26. The summed E-state index contributed by atoms with van der Waals surface area (Å²) < 4.78 is 3.54. The molecule has 0 aliphatic heterocycles. The van der Waals surface area contributed by atoms with Crippen molar-refractivity contribution in [2.75, 3.05) is 6.54 Å². The zero-order valence-corrected chi connectivity index (χ0v) is 16.1. The summed E-state index contributed by atoms with van der Waals surface area (Å²) in [7, 11) is 0. The standard InChI is InChI=1S/C12H12Br3NS2/c1-2-16-10(4-8-3-7(13)6-17-8)9-5-11(14)18-12(9)15/h3,5-6,10,16H,2,4H2,1H3. The predicted molar refractivity (Wildman–Crippen MR) is 91.9 cm³/mol. The van der Waals surface area contributed by atoms with E-state index in [1.165, 1.54) is 22.5 Å². The molecule has 1 N–H and O–H groups in total. The predicted octanol–water partition coefficient (Wildman–Crippen LogP) is 5.99. The molecular weight excluding hydrogens is 462 g/mol. The van der Waals surface area contributed by atoms with Gasteiger partial charge in [-0.25, -0.2) is 0 Å². The van der Waals surface area contributed by atoms with Crippen molar-refractivity contribution in [1.29, 1.82) is 0 Å². The Kier molecular flexibility index (Phi) is 5.90. The lowest BCUT2D eigenvalue weighted by molar-refractivity contribution is 0.553. The summed E-state index contributed by atoms with van der Waals surface area (Å²) in [6.07, 6.45) is 1.02. The summed E-state index contributed by atoms with van der Waals surface area (Å²) in [5, 5.41) is 5.69. The van der Waals surface area contributed by atoms with Gasteiger partial charge in [0.15, 0.2) is 0 Å². The minimum atomic E-state index is 0.359. The molecule has 0 saturated heterocycles. The highest BCUT2D eigenvalue weighted by atomic mass is 79.9. The van der Waals surface area contributed by atoms with Gasteiger partial charge in [-0.05, 0) is 72.0 Å². The molecule has 0 aliphatic carbocycles. The first kappa shape index (κ1) is 15.2. The molecule has 2 heterocycles. The molecule has 6 heteroatoms. The lowest BCUT2D eigenvalue weighted by Crippen LogP contribution is -2.22. The molecule has 1 unspecified atom stereocenters. The Morgan fingerprint density at radius 2 is 2.06 bits per heavy atom. The Bertz CT molecular complexity index is 521. The van der Waals surface area contributed by atoms with E-state index in [1.807, 2.05) is 0 Å².